The average Bonchev–Trinajstić information content (AvgIpc) is 1.90. The molecule has 0 aliphatic heterocycles. The van der Waals surface area contributed by atoms with Gasteiger partial charge < -0.3 is 5.11 Å². The summed E-state index contributed by atoms with van der Waals surface area (Å²) in [6.45, 7) is 8.15. The summed E-state index contributed by atoms with van der Waals surface area (Å²) in [6, 6.07) is 0. The molecule has 0 unspecified atom stereocenters. The Morgan fingerprint density at radius 1 is 1.18 bits per heavy atom. The van der Waals surface area contributed by atoms with Gasteiger partial charge >= 0.3 is 55.4 Å². The van der Waals surface area contributed by atoms with E-state index in [4.69, 9.17) is 9.90 Å². The fourth-order valence-electron chi connectivity index (χ4n) is 0.750. The first-order chi connectivity index (χ1) is 5.08. The van der Waals surface area contributed by atoms with Crippen molar-refractivity contribution in [3.8, 4) is 0 Å². The number of carbonyl (C=O) groups is 1. The molecule has 0 fully saturated rings. The molecule has 2 nitrogen and oxygen atoms in total. The van der Waals surface area contributed by atoms with Crippen molar-refractivity contribution in [1.82, 2.24) is 0 Å². The van der Waals surface area contributed by atoms with Crippen molar-refractivity contribution < 1.29 is 9.90 Å². The van der Waals surface area contributed by atoms with Crippen molar-refractivity contribution in [3.63, 3.8) is 0 Å². The van der Waals surface area contributed by atoms with Crippen molar-refractivity contribution in [2.24, 2.45) is 0 Å². The first-order valence-electron chi connectivity index (χ1n) is 4.11. The molecule has 0 aliphatic carbocycles. The molecule has 0 aliphatic rings. The predicted molar refractivity (Wildman–Crippen MR) is 50.5 cm³/mol. The number of carboxylic acids is 1. The third-order valence-electron chi connectivity index (χ3n) is 1.50. The van der Waals surface area contributed by atoms with E-state index in [-0.39, 0.29) is 0 Å². The molecule has 0 aromatic heterocycles. The Morgan fingerprint density at radius 3 is 1.36 bits per heavy atom. The molecule has 0 saturated carbocycles. The second-order valence-corrected chi connectivity index (χ2v) is 16.4. The van der Waals surface area contributed by atoms with Crippen LogP contribution < -0.4 is 0 Å². The van der Waals surface area contributed by atoms with Gasteiger partial charge in [0.2, 0.25) is 0 Å². The van der Waals surface area contributed by atoms with E-state index in [9.17, 15) is 0 Å². The van der Waals surface area contributed by atoms with Crippen molar-refractivity contribution >= 4 is 28.7 Å². The van der Waals surface area contributed by atoms with Gasteiger partial charge in [-0.25, -0.2) is 0 Å². The molecular formula is C8H19O2Pb. The monoisotopic (exact) mass is 355 g/mol. The van der Waals surface area contributed by atoms with Crippen LogP contribution in [-0.4, -0.2) is 33.8 Å². The van der Waals surface area contributed by atoms with Gasteiger partial charge in [0.05, 0.1) is 0 Å². The molecule has 0 amide bonds. The van der Waals surface area contributed by atoms with Crippen LogP contribution in [-0.2, 0) is 4.79 Å². The number of hydrogen-bond donors (Lipinski definition) is 1. The quantitative estimate of drug-likeness (QED) is 0.791. The maximum atomic E-state index is 9.00. The summed E-state index contributed by atoms with van der Waals surface area (Å²) >= 11 is -0.789. The van der Waals surface area contributed by atoms with Crippen LogP contribution >= 0.6 is 0 Å². The average molecular weight is 354 g/mol. The van der Waals surface area contributed by atoms with Gasteiger partial charge in [0, 0.05) is 6.92 Å². The predicted octanol–water partition coefficient (Wildman–Crippen LogP) is 2.63. The summed E-state index contributed by atoms with van der Waals surface area (Å²) in [5.41, 5.74) is 0. The van der Waals surface area contributed by atoms with Gasteiger partial charge in [-0.3, -0.25) is 4.79 Å². The fraction of sp³-hybridized carbons (Fsp3) is 0.875. The van der Waals surface area contributed by atoms with Crippen molar-refractivity contribution in [2.75, 3.05) is 0 Å². The molecule has 0 rings (SSSR count). The summed E-state index contributed by atoms with van der Waals surface area (Å²) < 4.78 is 4.70. The Morgan fingerprint density at radius 2 is 1.36 bits per heavy atom. The zero-order chi connectivity index (χ0) is 9.28. The number of aliphatic carboxylic acids is 1. The molecule has 0 heterocycles. The Hall–Kier alpha value is 0.392. The van der Waals surface area contributed by atoms with E-state index in [1.165, 1.54) is 0 Å². The summed E-state index contributed by atoms with van der Waals surface area (Å²) in [6.07, 6.45) is 0. The minimum absolute atomic E-state index is 0.789. The standard InChI is InChI=1S/C2H4O2.3C2H5.Pb/c1-2(3)4;3*1-2;/h1H3,(H,3,4);3*1H2,2H3;. The normalized spacial score (nSPS) is 8.82. The molecular weight excluding hydrogens is 335 g/mol. The third-order valence-corrected chi connectivity index (χ3v) is 13.2. The van der Waals surface area contributed by atoms with E-state index >= 15 is 0 Å². The second-order valence-electron chi connectivity index (χ2n) is 2.33. The van der Waals surface area contributed by atoms with E-state index < -0.39 is 28.7 Å². The first kappa shape index (κ1) is 13.9. The maximum absolute atomic E-state index is 9.00. The summed E-state index contributed by atoms with van der Waals surface area (Å²) in [7, 11) is 0. The van der Waals surface area contributed by atoms with E-state index in [1.54, 1.807) is 11.9 Å². The topological polar surface area (TPSA) is 37.3 Å². The van der Waals surface area contributed by atoms with Crippen LogP contribution in [0.4, 0.5) is 0 Å². The van der Waals surface area contributed by atoms with Crippen LogP contribution in [0.25, 0.3) is 0 Å². The van der Waals surface area contributed by atoms with Gasteiger partial charge in [0.1, 0.15) is 0 Å². The molecule has 11 heavy (non-hydrogen) atoms. The molecule has 3 heteroatoms. The van der Waals surface area contributed by atoms with Gasteiger partial charge in [0.25, 0.3) is 5.97 Å². The van der Waals surface area contributed by atoms with E-state index in [1.807, 2.05) is 0 Å². The first-order valence-corrected chi connectivity index (χ1v) is 12.4. The molecule has 67 valence electrons. The zero-order valence-corrected chi connectivity index (χ0v) is 11.9. The number of carboxylic acid groups (broad SMARTS) is 1. The van der Waals surface area contributed by atoms with Gasteiger partial charge in [0.15, 0.2) is 0 Å². The third kappa shape index (κ3) is 17.9. The minimum atomic E-state index is -0.833. The Balaban J connectivity index is 0. The molecule has 1 N–H and O–H groups in total. The summed E-state index contributed by atoms with van der Waals surface area (Å²) in [4.78, 5) is 9.00. The number of hydrogen-bond acceptors (Lipinski definition) is 1. The Kier molecular flexibility index (Phi) is 13.2. The SMILES string of the molecule is CC(=O)O.C[CH2][Pb]([CH2]C)[CH2]C. The molecule has 0 spiro atoms. The van der Waals surface area contributed by atoms with Gasteiger partial charge in [-0.05, 0) is 0 Å². The van der Waals surface area contributed by atoms with Gasteiger partial charge in [-0.1, -0.05) is 0 Å². The van der Waals surface area contributed by atoms with Crippen LogP contribution in [0, 0.1) is 0 Å². The van der Waals surface area contributed by atoms with Crippen molar-refractivity contribution in [1.29, 1.82) is 0 Å². The molecule has 0 aromatic rings. The molecule has 1 radical (unpaired) electrons. The van der Waals surface area contributed by atoms with E-state index in [0.717, 1.165) is 6.92 Å². The van der Waals surface area contributed by atoms with Gasteiger partial charge in [-0.15, -0.1) is 0 Å². The second kappa shape index (κ2) is 10.4. The van der Waals surface area contributed by atoms with Crippen LogP contribution in [0.2, 0.25) is 11.9 Å². The van der Waals surface area contributed by atoms with Crippen LogP contribution in [0.15, 0.2) is 0 Å². The van der Waals surface area contributed by atoms with E-state index in [0.29, 0.717) is 0 Å². The van der Waals surface area contributed by atoms with E-state index in [2.05, 4.69) is 20.8 Å². The van der Waals surface area contributed by atoms with Crippen molar-refractivity contribution in [2.45, 2.75) is 39.6 Å². The summed E-state index contributed by atoms with van der Waals surface area (Å²) in [5, 5.41) is 7.42. The van der Waals surface area contributed by atoms with Gasteiger partial charge in [-0.2, -0.15) is 0 Å². The fourth-order valence-corrected chi connectivity index (χ4v) is 6.58. The Labute approximate surface area is 78.1 Å². The zero-order valence-electron chi connectivity index (χ0n) is 7.98. The van der Waals surface area contributed by atoms with Crippen molar-refractivity contribution in [3.05, 3.63) is 0 Å². The molecule has 0 saturated heterocycles. The molecule has 0 atom stereocenters. The summed E-state index contributed by atoms with van der Waals surface area (Å²) in [5.74, 6) is -0.833. The Bertz CT molecular complexity index is 80.6. The molecule has 0 bridgehead atoms. The van der Waals surface area contributed by atoms with Crippen LogP contribution in [0.3, 0.4) is 0 Å². The van der Waals surface area contributed by atoms with Crippen LogP contribution in [0.5, 0.6) is 0 Å². The van der Waals surface area contributed by atoms with Crippen LogP contribution in [0.1, 0.15) is 27.7 Å². The molecule has 0 aromatic carbocycles. The number of rotatable bonds is 3.